The zero-order valence-electron chi connectivity index (χ0n) is 13.1. The molecule has 0 saturated carbocycles. The number of anilines is 2. The summed E-state index contributed by atoms with van der Waals surface area (Å²) in [6.45, 7) is 6.91. The van der Waals surface area contributed by atoms with E-state index in [1.165, 1.54) is 0 Å². The van der Waals surface area contributed by atoms with Gasteiger partial charge in [-0.25, -0.2) is 0 Å². The van der Waals surface area contributed by atoms with E-state index in [4.69, 9.17) is 10.5 Å². The number of hydrogen-bond donors (Lipinski definition) is 2. The zero-order valence-corrected chi connectivity index (χ0v) is 13.1. The molecule has 1 aromatic rings. The normalized spacial score (nSPS) is 22.8. The summed E-state index contributed by atoms with van der Waals surface area (Å²) >= 11 is 0. The van der Waals surface area contributed by atoms with Crippen molar-refractivity contribution < 1.29 is 9.53 Å². The minimum atomic E-state index is -0.0198. The van der Waals surface area contributed by atoms with Crippen LogP contribution in [0, 0.1) is 11.8 Å². The number of carbonyl (C=O) groups is 1. The molecule has 1 fully saturated rings. The quantitative estimate of drug-likeness (QED) is 0.835. The van der Waals surface area contributed by atoms with E-state index in [1.807, 2.05) is 0 Å². The second-order valence-corrected chi connectivity index (χ2v) is 5.98. The Morgan fingerprint density at radius 1 is 1.43 bits per heavy atom. The zero-order chi connectivity index (χ0) is 15.4. The molecule has 0 aliphatic carbocycles. The van der Waals surface area contributed by atoms with E-state index in [2.05, 4.69) is 24.1 Å². The molecule has 1 aliphatic rings. The molecule has 0 spiro atoms. The van der Waals surface area contributed by atoms with E-state index >= 15 is 0 Å². The molecule has 0 bridgehead atoms. The number of piperidine rings is 1. The van der Waals surface area contributed by atoms with Crippen molar-refractivity contribution in [1.29, 1.82) is 0 Å². The first-order valence-corrected chi connectivity index (χ1v) is 7.45. The molecule has 1 amide bonds. The summed E-state index contributed by atoms with van der Waals surface area (Å²) in [6.07, 6.45) is 1.15. The number of nitrogens with one attached hydrogen (secondary N) is 1. The number of hydrogen-bond acceptors (Lipinski definition) is 4. The number of rotatable bonds is 4. The molecule has 1 saturated heterocycles. The van der Waals surface area contributed by atoms with Gasteiger partial charge in [0, 0.05) is 12.6 Å². The Kier molecular flexibility index (Phi) is 5.07. The Hall–Kier alpha value is -1.75. The third kappa shape index (κ3) is 4.11. The fourth-order valence-electron chi connectivity index (χ4n) is 2.67. The van der Waals surface area contributed by atoms with Crippen LogP contribution in [-0.2, 0) is 4.79 Å². The highest BCUT2D eigenvalue weighted by Crippen LogP contribution is 2.25. The summed E-state index contributed by atoms with van der Waals surface area (Å²) in [4.78, 5) is 14.3. The van der Waals surface area contributed by atoms with Crippen molar-refractivity contribution in [1.82, 2.24) is 4.90 Å². The standard InChI is InChI=1S/C16H25N3O2/c1-11-6-7-19(9-12(11)2)10-16(20)18-15-5-4-13(21-3)8-14(15)17/h4-5,8,11-12H,6-7,9-10,17H2,1-3H3,(H,18,20). The fourth-order valence-corrected chi connectivity index (χ4v) is 2.67. The molecular formula is C16H25N3O2. The summed E-state index contributed by atoms with van der Waals surface area (Å²) in [5.74, 6) is 2.04. The van der Waals surface area contributed by atoms with Crippen molar-refractivity contribution in [3.63, 3.8) is 0 Å². The van der Waals surface area contributed by atoms with E-state index < -0.39 is 0 Å². The SMILES string of the molecule is COc1ccc(NC(=O)CN2CCC(C)C(C)C2)c(N)c1. The van der Waals surface area contributed by atoms with Crippen LogP contribution >= 0.6 is 0 Å². The van der Waals surface area contributed by atoms with Crippen molar-refractivity contribution >= 4 is 17.3 Å². The third-order valence-electron chi connectivity index (χ3n) is 4.32. The highest BCUT2D eigenvalue weighted by Gasteiger charge is 2.23. The van der Waals surface area contributed by atoms with Gasteiger partial charge in [0.1, 0.15) is 5.75 Å². The molecule has 2 rings (SSSR count). The molecule has 1 aromatic carbocycles. The van der Waals surface area contributed by atoms with E-state index in [9.17, 15) is 4.79 Å². The summed E-state index contributed by atoms with van der Waals surface area (Å²) < 4.78 is 5.10. The second-order valence-electron chi connectivity index (χ2n) is 5.98. The topological polar surface area (TPSA) is 67.6 Å². The number of amides is 1. The second kappa shape index (κ2) is 6.80. The molecule has 2 unspecified atom stereocenters. The number of nitrogens with two attached hydrogens (primary N) is 1. The van der Waals surface area contributed by atoms with Gasteiger partial charge in [-0.15, -0.1) is 0 Å². The summed E-state index contributed by atoms with van der Waals surface area (Å²) in [6, 6.07) is 5.27. The number of nitrogen functional groups attached to an aromatic ring is 1. The van der Waals surface area contributed by atoms with Crippen molar-refractivity contribution in [2.24, 2.45) is 11.8 Å². The number of methoxy groups -OCH3 is 1. The minimum Gasteiger partial charge on any atom is -0.497 e. The number of likely N-dealkylation sites (tertiary alicyclic amines) is 1. The maximum atomic E-state index is 12.1. The van der Waals surface area contributed by atoms with E-state index in [1.54, 1.807) is 25.3 Å². The molecule has 3 N–H and O–H groups in total. The largest absolute Gasteiger partial charge is 0.497 e. The average molecular weight is 291 g/mol. The van der Waals surface area contributed by atoms with Crippen molar-refractivity contribution in [2.45, 2.75) is 20.3 Å². The lowest BCUT2D eigenvalue weighted by Crippen LogP contribution is -2.42. The van der Waals surface area contributed by atoms with E-state index in [0.29, 0.717) is 29.6 Å². The summed E-state index contributed by atoms with van der Waals surface area (Å²) in [7, 11) is 1.59. The van der Waals surface area contributed by atoms with Crippen LogP contribution in [0.15, 0.2) is 18.2 Å². The Bertz CT molecular complexity index is 504. The van der Waals surface area contributed by atoms with Gasteiger partial charge in [0.2, 0.25) is 5.91 Å². The van der Waals surface area contributed by atoms with Gasteiger partial charge in [-0.2, -0.15) is 0 Å². The maximum absolute atomic E-state index is 12.1. The predicted molar refractivity (Wildman–Crippen MR) is 85.4 cm³/mol. The first kappa shape index (κ1) is 15.6. The minimum absolute atomic E-state index is 0.0198. The molecule has 21 heavy (non-hydrogen) atoms. The Morgan fingerprint density at radius 3 is 2.81 bits per heavy atom. The summed E-state index contributed by atoms with van der Waals surface area (Å²) in [5, 5.41) is 2.87. The highest BCUT2D eigenvalue weighted by molar-refractivity contribution is 5.95. The van der Waals surface area contributed by atoms with Crippen LogP contribution in [0.3, 0.4) is 0 Å². The number of carbonyl (C=O) groups excluding carboxylic acids is 1. The Balaban J connectivity index is 1.90. The van der Waals surface area contributed by atoms with Gasteiger partial charge < -0.3 is 15.8 Å². The van der Waals surface area contributed by atoms with Crippen LogP contribution in [0.4, 0.5) is 11.4 Å². The van der Waals surface area contributed by atoms with Gasteiger partial charge in [-0.05, 0) is 36.9 Å². The van der Waals surface area contributed by atoms with Gasteiger partial charge in [-0.3, -0.25) is 9.69 Å². The van der Waals surface area contributed by atoms with Gasteiger partial charge in [-0.1, -0.05) is 13.8 Å². The summed E-state index contributed by atoms with van der Waals surface area (Å²) in [5.41, 5.74) is 7.07. The average Bonchev–Trinajstić information content (AvgIpc) is 2.45. The Labute approximate surface area is 126 Å². The van der Waals surface area contributed by atoms with Gasteiger partial charge in [0.15, 0.2) is 0 Å². The number of nitrogens with zero attached hydrogens (tertiary/aromatic N) is 1. The predicted octanol–water partition coefficient (Wildman–Crippen LogP) is 2.19. The van der Waals surface area contributed by atoms with Crippen LogP contribution in [-0.4, -0.2) is 37.6 Å². The first-order chi connectivity index (χ1) is 9.99. The molecule has 2 atom stereocenters. The molecule has 5 nitrogen and oxygen atoms in total. The molecule has 116 valence electrons. The third-order valence-corrected chi connectivity index (χ3v) is 4.32. The van der Waals surface area contributed by atoms with Gasteiger partial charge in [0.25, 0.3) is 0 Å². The first-order valence-electron chi connectivity index (χ1n) is 7.45. The van der Waals surface area contributed by atoms with Crippen LogP contribution < -0.4 is 15.8 Å². The van der Waals surface area contributed by atoms with Crippen molar-refractivity contribution in [3.8, 4) is 5.75 Å². The smallest absolute Gasteiger partial charge is 0.238 e. The van der Waals surface area contributed by atoms with Gasteiger partial charge in [0.05, 0.1) is 25.0 Å². The molecule has 5 heteroatoms. The molecule has 0 radical (unpaired) electrons. The van der Waals surface area contributed by atoms with E-state index in [0.717, 1.165) is 25.4 Å². The van der Waals surface area contributed by atoms with Crippen LogP contribution in [0.5, 0.6) is 5.75 Å². The van der Waals surface area contributed by atoms with E-state index in [-0.39, 0.29) is 5.91 Å². The monoisotopic (exact) mass is 291 g/mol. The van der Waals surface area contributed by atoms with Gasteiger partial charge >= 0.3 is 0 Å². The lowest BCUT2D eigenvalue weighted by molar-refractivity contribution is -0.117. The maximum Gasteiger partial charge on any atom is 0.238 e. The molecular weight excluding hydrogens is 266 g/mol. The lowest BCUT2D eigenvalue weighted by Gasteiger charge is -2.34. The fraction of sp³-hybridized carbons (Fsp3) is 0.562. The molecule has 0 aromatic heterocycles. The van der Waals surface area contributed by atoms with Crippen LogP contribution in [0.25, 0.3) is 0 Å². The number of ether oxygens (including phenoxy) is 1. The van der Waals surface area contributed by atoms with Crippen LogP contribution in [0.1, 0.15) is 20.3 Å². The highest BCUT2D eigenvalue weighted by atomic mass is 16.5. The Morgan fingerprint density at radius 2 is 2.19 bits per heavy atom. The number of benzene rings is 1. The lowest BCUT2D eigenvalue weighted by atomic mass is 9.89. The molecule has 1 aliphatic heterocycles. The van der Waals surface area contributed by atoms with Crippen molar-refractivity contribution in [3.05, 3.63) is 18.2 Å². The van der Waals surface area contributed by atoms with Crippen LogP contribution in [0.2, 0.25) is 0 Å². The molecule has 1 heterocycles. The van der Waals surface area contributed by atoms with Crippen molar-refractivity contribution in [2.75, 3.05) is 37.8 Å².